The van der Waals surface area contributed by atoms with Crippen molar-refractivity contribution in [1.82, 2.24) is 29.4 Å². The SMILES string of the molecule is CCn1nccc1-c1nnc2n1[C@@H](C)C(=O)N(Cc1ccc(OC)cc1)C2. The Bertz CT molecular complexity index is 959. The first kappa shape index (κ1) is 17.3. The van der Waals surface area contributed by atoms with Gasteiger partial charge < -0.3 is 9.64 Å². The van der Waals surface area contributed by atoms with E-state index in [4.69, 9.17) is 4.74 Å². The van der Waals surface area contributed by atoms with E-state index in [1.165, 1.54) is 0 Å². The summed E-state index contributed by atoms with van der Waals surface area (Å²) in [5.74, 6) is 2.33. The molecule has 2 aromatic heterocycles. The molecule has 8 heteroatoms. The number of hydrogen-bond acceptors (Lipinski definition) is 5. The highest BCUT2D eigenvalue weighted by atomic mass is 16.5. The fraction of sp³-hybridized carbons (Fsp3) is 0.368. The van der Waals surface area contributed by atoms with Crippen molar-refractivity contribution in [2.24, 2.45) is 0 Å². The largest absolute Gasteiger partial charge is 0.497 e. The van der Waals surface area contributed by atoms with E-state index >= 15 is 0 Å². The van der Waals surface area contributed by atoms with Crippen LogP contribution in [0.5, 0.6) is 5.75 Å². The summed E-state index contributed by atoms with van der Waals surface area (Å²) in [7, 11) is 1.64. The van der Waals surface area contributed by atoms with Gasteiger partial charge in [0.2, 0.25) is 5.91 Å². The third-order valence-electron chi connectivity index (χ3n) is 4.93. The maximum absolute atomic E-state index is 13.0. The number of fused-ring (bicyclic) bond motifs is 1. The monoisotopic (exact) mass is 366 g/mol. The van der Waals surface area contributed by atoms with E-state index in [9.17, 15) is 4.79 Å². The molecule has 3 aromatic rings. The lowest BCUT2D eigenvalue weighted by molar-refractivity contribution is -0.137. The molecule has 0 spiro atoms. The topological polar surface area (TPSA) is 78.1 Å². The summed E-state index contributed by atoms with van der Waals surface area (Å²) < 4.78 is 8.98. The zero-order chi connectivity index (χ0) is 19.0. The zero-order valence-electron chi connectivity index (χ0n) is 15.7. The Kier molecular flexibility index (Phi) is 4.39. The molecule has 8 nitrogen and oxygen atoms in total. The molecule has 1 amide bonds. The van der Waals surface area contributed by atoms with Gasteiger partial charge in [0, 0.05) is 19.3 Å². The molecule has 27 heavy (non-hydrogen) atoms. The molecule has 140 valence electrons. The number of aryl methyl sites for hydroxylation is 1. The van der Waals surface area contributed by atoms with Crippen LogP contribution >= 0.6 is 0 Å². The molecule has 4 rings (SSSR count). The summed E-state index contributed by atoms with van der Waals surface area (Å²) in [6.45, 7) is 5.61. The van der Waals surface area contributed by atoms with Gasteiger partial charge in [-0.3, -0.25) is 14.0 Å². The molecular weight excluding hydrogens is 344 g/mol. The fourth-order valence-electron chi connectivity index (χ4n) is 3.50. The molecule has 1 aliphatic heterocycles. The molecule has 1 aliphatic rings. The van der Waals surface area contributed by atoms with Crippen molar-refractivity contribution in [1.29, 1.82) is 0 Å². The number of carbonyl (C=O) groups is 1. The number of aromatic nitrogens is 5. The van der Waals surface area contributed by atoms with E-state index in [2.05, 4.69) is 15.3 Å². The van der Waals surface area contributed by atoms with Gasteiger partial charge in [-0.1, -0.05) is 12.1 Å². The molecule has 0 saturated carbocycles. The minimum absolute atomic E-state index is 0.0573. The second kappa shape index (κ2) is 6.86. The van der Waals surface area contributed by atoms with Crippen LogP contribution in [0.1, 0.15) is 31.3 Å². The smallest absolute Gasteiger partial charge is 0.246 e. The number of benzene rings is 1. The van der Waals surface area contributed by atoms with Crippen molar-refractivity contribution in [3.8, 4) is 17.3 Å². The van der Waals surface area contributed by atoms with Crippen LogP contribution in [0.3, 0.4) is 0 Å². The van der Waals surface area contributed by atoms with Crippen molar-refractivity contribution in [2.45, 2.75) is 39.5 Å². The molecule has 0 bridgehead atoms. The van der Waals surface area contributed by atoms with Gasteiger partial charge in [0.25, 0.3) is 0 Å². The first-order chi connectivity index (χ1) is 13.1. The number of methoxy groups -OCH3 is 1. The number of amides is 1. The Morgan fingerprint density at radius 2 is 1.96 bits per heavy atom. The Morgan fingerprint density at radius 1 is 1.19 bits per heavy atom. The molecule has 0 unspecified atom stereocenters. The number of rotatable bonds is 5. The van der Waals surface area contributed by atoms with Crippen molar-refractivity contribution in [3.63, 3.8) is 0 Å². The Balaban J connectivity index is 1.62. The molecule has 0 N–H and O–H groups in total. The van der Waals surface area contributed by atoms with Gasteiger partial charge in [-0.2, -0.15) is 5.10 Å². The van der Waals surface area contributed by atoms with E-state index in [-0.39, 0.29) is 11.9 Å². The average Bonchev–Trinajstić information content (AvgIpc) is 3.32. The highest BCUT2D eigenvalue weighted by Crippen LogP contribution is 2.29. The second-order valence-corrected chi connectivity index (χ2v) is 6.56. The Hall–Kier alpha value is -3.16. The predicted molar refractivity (Wildman–Crippen MR) is 98.9 cm³/mol. The summed E-state index contributed by atoms with van der Waals surface area (Å²) in [5, 5.41) is 13.0. The molecule has 0 fully saturated rings. The third-order valence-corrected chi connectivity index (χ3v) is 4.93. The van der Waals surface area contributed by atoms with Crippen molar-refractivity contribution in [3.05, 3.63) is 47.9 Å². The standard InChI is InChI=1S/C19H22N6O2/c1-4-24-16(9-10-20-24)18-22-21-17-12-23(19(26)13(2)25(17)18)11-14-5-7-15(27-3)8-6-14/h5-10,13H,4,11-12H2,1-3H3/t13-/m0/s1. The van der Waals surface area contributed by atoms with Crippen LogP contribution in [0.4, 0.5) is 0 Å². The lowest BCUT2D eigenvalue weighted by Crippen LogP contribution is -2.41. The molecular formula is C19H22N6O2. The lowest BCUT2D eigenvalue weighted by Gasteiger charge is -2.32. The molecule has 0 radical (unpaired) electrons. The molecule has 0 saturated heterocycles. The summed E-state index contributed by atoms with van der Waals surface area (Å²) >= 11 is 0. The second-order valence-electron chi connectivity index (χ2n) is 6.56. The van der Waals surface area contributed by atoms with Crippen LogP contribution < -0.4 is 4.74 Å². The van der Waals surface area contributed by atoms with Crippen molar-refractivity contribution >= 4 is 5.91 Å². The van der Waals surface area contributed by atoms with E-state index in [1.54, 1.807) is 13.3 Å². The van der Waals surface area contributed by atoms with Gasteiger partial charge in [0.1, 0.15) is 17.5 Å². The van der Waals surface area contributed by atoms with Gasteiger partial charge >= 0.3 is 0 Å². The first-order valence-electron chi connectivity index (χ1n) is 9.00. The minimum atomic E-state index is -0.364. The summed E-state index contributed by atoms with van der Waals surface area (Å²) in [5.41, 5.74) is 1.92. The van der Waals surface area contributed by atoms with Crippen LogP contribution in [0.25, 0.3) is 11.5 Å². The average molecular weight is 366 g/mol. The van der Waals surface area contributed by atoms with Crippen LogP contribution in [0.2, 0.25) is 0 Å². The Labute approximate surface area is 157 Å². The summed E-state index contributed by atoms with van der Waals surface area (Å²) in [6.07, 6.45) is 1.74. The third kappa shape index (κ3) is 2.97. The highest BCUT2D eigenvalue weighted by molar-refractivity contribution is 5.82. The number of carbonyl (C=O) groups excluding carboxylic acids is 1. The number of hydrogen-bond donors (Lipinski definition) is 0. The van der Waals surface area contributed by atoms with E-state index in [1.807, 2.05) is 58.3 Å². The molecule has 3 heterocycles. The van der Waals surface area contributed by atoms with E-state index < -0.39 is 0 Å². The summed E-state index contributed by atoms with van der Waals surface area (Å²) in [4.78, 5) is 14.8. The van der Waals surface area contributed by atoms with Crippen LogP contribution in [0, 0.1) is 0 Å². The van der Waals surface area contributed by atoms with E-state index in [0.29, 0.717) is 18.9 Å². The minimum Gasteiger partial charge on any atom is -0.497 e. The van der Waals surface area contributed by atoms with E-state index in [0.717, 1.165) is 29.4 Å². The molecule has 1 atom stereocenters. The van der Waals surface area contributed by atoms with Crippen molar-refractivity contribution in [2.75, 3.05) is 7.11 Å². The maximum Gasteiger partial charge on any atom is 0.246 e. The van der Waals surface area contributed by atoms with Gasteiger partial charge in [0.05, 0.1) is 13.7 Å². The highest BCUT2D eigenvalue weighted by Gasteiger charge is 2.34. The van der Waals surface area contributed by atoms with Crippen LogP contribution in [0.15, 0.2) is 36.5 Å². The van der Waals surface area contributed by atoms with Gasteiger partial charge in [0.15, 0.2) is 11.6 Å². The van der Waals surface area contributed by atoms with Gasteiger partial charge in [-0.15, -0.1) is 10.2 Å². The van der Waals surface area contributed by atoms with Gasteiger partial charge in [-0.25, -0.2) is 0 Å². The lowest BCUT2D eigenvalue weighted by atomic mass is 10.1. The quantitative estimate of drug-likeness (QED) is 0.692. The van der Waals surface area contributed by atoms with Gasteiger partial charge in [-0.05, 0) is 37.6 Å². The summed E-state index contributed by atoms with van der Waals surface area (Å²) in [6, 6.07) is 9.29. The number of ether oxygens (including phenoxy) is 1. The number of nitrogens with zero attached hydrogens (tertiary/aromatic N) is 6. The normalized spacial score (nSPS) is 16.5. The molecule has 1 aromatic carbocycles. The molecule has 0 aliphatic carbocycles. The predicted octanol–water partition coefficient (Wildman–Crippen LogP) is 2.27. The van der Waals surface area contributed by atoms with Crippen LogP contribution in [-0.2, 0) is 24.4 Å². The Morgan fingerprint density at radius 3 is 2.67 bits per heavy atom. The fourth-order valence-corrected chi connectivity index (χ4v) is 3.50. The van der Waals surface area contributed by atoms with Crippen molar-refractivity contribution < 1.29 is 9.53 Å². The van der Waals surface area contributed by atoms with Crippen LogP contribution in [-0.4, -0.2) is 42.5 Å². The zero-order valence-corrected chi connectivity index (χ0v) is 15.7. The maximum atomic E-state index is 13.0. The first-order valence-corrected chi connectivity index (χ1v) is 9.00.